The Morgan fingerprint density at radius 2 is 1.57 bits per heavy atom. The minimum absolute atomic E-state index is 0.0290. The average Bonchev–Trinajstić information content (AvgIpc) is 2.98. The Morgan fingerprint density at radius 1 is 0.932 bits per heavy atom. The molecular formula is C33H38Cl3N3O4S. The van der Waals surface area contributed by atoms with E-state index in [0.717, 1.165) is 42.0 Å². The van der Waals surface area contributed by atoms with E-state index >= 15 is 0 Å². The topological polar surface area (TPSA) is 86.8 Å². The Hall–Kier alpha value is -2.78. The maximum atomic E-state index is 14.4. The van der Waals surface area contributed by atoms with Crippen LogP contribution in [0.2, 0.25) is 15.1 Å². The van der Waals surface area contributed by atoms with Crippen molar-refractivity contribution in [2.24, 2.45) is 0 Å². The summed E-state index contributed by atoms with van der Waals surface area (Å²) < 4.78 is 29.4. The molecule has 1 unspecified atom stereocenters. The van der Waals surface area contributed by atoms with Crippen molar-refractivity contribution in [1.82, 2.24) is 10.2 Å². The predicted octanol–water partition coefficient (Wildman–Crippen LogP) is 7.72. The molecule has 0 radical (unpaired) electrons. The number of nitrogens with one attached hydrogen (secondary N) is 1. The number of halogens is 3. The molecule has 3 aromatic rings. The number of sulfonamides is 1. The summed E-state index contributed by atoms with van der Waals surface area (Å²) in [5.41, 5.74) is 2.25. The van der Waals surface area contributed by atoms with Crippen molar-refractivity contribution < 1.29 is 18.0 Å². The summed E-state index contributed by atoms with van der Waals surface area (Å²) >= 11 is 19.3. The summed E-state index contributed by atoms with van der Waals surface area (Å²) in [6.07, 6.45) is 5.26. The average molecular weight is 679 g/mol. The van der Waals surface area contributed by atoms with E-state index in [-0.39, 0.29) is 23.4 Å². The maximum absolute atomic E-state index is 14.4. The minimum Gasteiger partial charge on any atom is -0.352 e. The highest BCUT2D eigenvalue weighted by Gasteiger charge is 2.35. The fraction of sp³-hybridized carbons (Fsp3) is 0.394. The second kappa shape index (κ2) is 15.0. The summed E-state index contributed by atoms with van der Waals surface area (Å²) in [5, 5.41) is 4.26. The summed E-state index contributed by atoms with van der Waals surface area (Å²) in [5.74, 6) is -0.858. The van der Waals surface area contributed by atoms with Gasteiger partial charge >= 0.3 is 0 Å². The highest BCUT2D eigenvalue weighted by molar-refractivity contribution is 7.92. The number of carbonyl (C=O) groups is 2. The molecule has 0 spiro atoms. The first-order chi connectivity index (χ1) is 20.9. The van der Waals surface area contributed by atoms with Crippen LogP contribution in [0.25, 0.3) is 0 Å². The van der Waals surface area contributed by atoms with E-state index in [2.05, 4.69) is 5.32 Å². The van der Waals surface area contributed by atoms with Crippen molar-refractivity contribution in [1.29, 1.82) is 0 Å². The van der Waals surface area contributed by atoms with Crippen molar-refractivity contribution in [3.63, 3.8) is 0 Å². The normalized spacial score (nSPS) is 14.6. The highest BCUT2D eigenvalue weighted by atomic mass is 35.5. The number of benzene rings is 3. The number of hydrogen-bond acceptors (Lipinski definition) is 4. The molecule has 0 saturated heterocycles. The van der Waals surface area contributed by atoms with Gasteiger partial charge in [0, 0.05) is 33.2 Å². The highest BCUT2D eigenvalue weighted by Crippen LogP contribution is 2.31. The van der Waals surface area contributed by atoms with Crippen LogP contribution in [-0.2, 0) is 26.2 Å². The van der Waals surface area contributed by atoms with Crippen LogP contribution >= 0.6 is 34.8 Å². The fourth-order valence-corrected chi connectivity index (χ4v) is 7.79. The van der Waals surface area contributed by atoms with Gasteiger partial charge in [-0.15, -0.1) is 0 Å². The zero-order valence-corrected chi connectivity index (χ0v) is 28.2. The predicted molar refractivity (Wildman–Crippen MR) is 178 cm³/mol. The SMILES string of the molecule is CCC(C(=O)NC1CCCCC1)N(Cc1c(Cl)cccc1Cl)C(=O)CN(c1ccc(Cl)cc1C)S(=O)(=O)c1ccc(C)cc1. The van der Waals surface area contributed by atoms with Gasteiger partial charge < -0.3 is 10.2 Å². The maximum Gasteiger partial charge on any atom is 0.264 e. The van der Waals surface area contributed by atoms with Crippen molar-refractivity contribution in [3.05, 3.63) is 92.4 Å². The van der Waals surface area contributed by atoms with Gasteiger partial charge in [0.2, 0.25) is 11.8 Å². The molecule has 1 N–H and O–H groups in total. The van der Waals surface area contributed by atoms with Crippen LogP contribution in [0.5, 0.6) is 0 Å². The second-order valence-corrected chi connectivity index (χ2v) is 14.4. The molecule has 1 aliphatic rings. The van der Waals surface area contributed by atoms with Crippen molar-refractivity contribution in [3.8, 4) is 0 Å². The lowest BCUT2D eigenvalue weighted by atomic mass is 9.95. The Kier molecular flexibility index (Phi) is 11.6. The van der Waals surface area contributed by atoms with Crippen molar-refractivity contribution >= 4 is 62.3 Å². The van der Waals surface area contributed by atoms with Gasteiger partial charge in [0.1, 0.15) is 12.6 Å². The van der Waals surface area contributed by atoms with Gasteiger partial charge in [-0.1, -0.05) is 84.8 Å². The van der Waals surface area contributed by atoms with Crippen LogP contribution < -0.4 is 9.62 Å². The molecule has 0 heterocycles. The molecule has 1 saturated carbocycles. The monoisotopic (exact) mass is 677 g/mol. The Labute approximate surface area is 275 Å². The number of hydrogen-bond donors (Lipinski definition) is 1. The molecular weight excluding hydrogens is 641 g/mol. The molecule has 7 nitrogen and oxygen atoms in total. The Balaban J connectivity index is 1.76. The van der Waals surface area contributed by atoms with E-state index in [1.807, 2.05) is 13.8 Å². The lowest BCUT2D eigenvalue weighted by molar-refractivity contribution is -0.140. The molecule has 11 heteroatoms. The largest absolute Gasteiger partial charge is 0.352 e. The summed E-state index contributed by atoms with van der Waals surface area (Å²) in [7, 11) is -4.21. The summed E-state index contributed by atoms with van der Waals surface area (Å²) in [6, 6.07) is 15.4. The van der Waals surface area contributed by atoms with E-state index in [1.54, 1.807) is 55.5 Å². The number of carbonyl (C=O) groups excluding carboxylic acids is 2. The van der Waals surface area contributed by atoms with Crippen LogP contribution in [0.15, 0.2) is 65.6 Å². The van der Waals surface area contributed by atoms with Gasteiger partial charge in [-0.3, -0.25) is 13.9 Å². The van der Waals surface area contributed by atoms with Gasteiger partial charge in [-0.05, 0) is 81.1 Å². The molecule has 1 fully saturated rings. The number of amides is 2. The van der Waals surface area contributed by atoms with E-state index < -0.39 is 28.5 Å². The lowest BCUT2D eigenvalue weighted by Crippen LogP contribution is -2.54. The molecule has 236 valence electrons. The quantitative estimate of drug-likeness (QED) is 0.225. The standard InChI is InChI=1S/C33H38Cl3N3O4S/c1-4-30(33(41)37-25-9-6-5-7-10-25)38(20-27-28(35)11-8-12-29(27)36)32(40)21-39(31-18-15-24(34)19-23(31)3)44(42,43)26-16-13-22(2)14-17-26/h8,11-19,25,30H,4-7,9-10,20-21H2,1-3H3,(H,37,41). The molecule has 1 aliphatic carbocycles. The van der Waals surface area contributed by atoms with Crippen LogP contribution in [0.1, 0.15) is 62.1 Å². The third-order valence-electron chi connectivity index (χ3n) is 8.04. The van der Waals surface area contributed by atoms with Crippen LogP contribution in [0.4, 0.5) is 5.69 Å². The number of rotatable bonds is 11. The van der Waals surface area contributed by atoms with Crippen LogP contribution in [0.3, 0.4) is 0 Å². The minimum atomic E-state index is -4.21. The third kappa shape index (κ3) is 8.08. The van der Waals surface area contributed by atoms with Gasteiger partial charge in [0.15, 0.2) is 0 Å². The summed E-state index contributed by atoms with van der Waals surface area (Å²) in [4.78, 5) is 29.5. The lowest BCUT2D eigenvalue weighted by Gasteiger charge is -2.35. The molecule has 1 atom stereocenters. The molecule has 0 aliphatic heterocycles. The molecule has 0 aromatic heterocycles. The van der Waals surface area contributed by atoms with E-state index in [0.29, 0.717) is 38.3 Å². The van der Waals surface area contributed by atoms with E-state index in [1.165, 1.54) is 17.0 Å². The number of nitrogens with zero attached hydrogens (tertiary/aromatic N) is 2. The number of anilines is 1. The Morgan fingerprint density at radius 3 is 2.16 bits per heavy atom. The zero-order chi connectivity index (χ0) is 32.0. The van der Waals surface area contributed by atoms with Crippen molar-refractivity contribution in [2.75, 3.05) is 10.8 Å². The first-order valence-electron chi connectivity index (χ1n) is 14.8. The first-order valence-corrected chi connectivity index (χ1v) is 17.4. The zero-order valence-electron chi connectivity index (χ0n) is 25.2. The molecule has 3 aromatic carbocycles. The van der Waals surface area contributed by atoms with Crippen LogP contribution in [-0.4, -0.2) is 43.8 Å². The van der Waals surface area contributed by atoms with E-state index in [9.17, 15) is 18.0 Å². The van der Waals surface area contributed by atoms with Crippen LogP contribution in [0, 0.1) is 13.8 Å². The van der Waals surface area contributed by atoms with Gasteiger partial charge in [0.25, 0.3) is 10.0 Å². The molecule has 2 amide bonds. The molecule has 4 rings (SSSR count). The smallest absolute Gasteiger partial charge is 0.264 e. The molecule has 0 bridgehead atoms. The fourth-order valence-electron chi connectivity index (χ4n) is 5.57. The summed E-state index contributed by atoms with van der Waals surface area (Å²) in [6.45, 7) is 4.78. The Bertz CT molecular complexity index is 1570. The van der Waals surface area contributed by atoms with Crippen molar-refractivity contribution in [2.45, 2.75) is 82.8 Å². The second-order valence-electron chi connectivity index (χ2n) is 11.2. The molecule has 44 heavy (non-hydrogen) atoms. The van der Waals surface area contributed by atoms with Gasteiger partial charge in [-0.25, -0.2) is 8.42 Å². The van der Waals surface area contributed by atoms with Gasteiger partial charge in [0.05, 0.1) is 10.6 Å². The third-order valence-corrected chi connectivity index (χ3v) is 10.8. The number of aryl methyl sites for hydroxylation is 2. The van der Waals surface area contributed by atoms with Gasteiger partial charge in [-0.2, -0.15) is 0 Å². The first kappa shape index (κ1) is 34.1. The van der Waals surface area contributed by atoms with E-state index in [4.69, 9.17) is 34.8 Å².